The summed E-state index contributed by atoms with van der Waals surface area (Å²) in [5.41, 5.74) is 1.72. The lowest BCUT2D eigenvalue weighted by Gasteiger charge is -2.54. The first-order valence-corrected chi connectivity index (χ1v) is 9.17. The minimum atomic E-state index is -0.766. The van der Waals surface area contributed by atoms with E-state index in [4.69, 9.17) is 5.11 Å². The molecule has 5 atom stereocenters. The number of allylic oxidation sites excluding steroid dienone is 1. The zero-order valence-corrected chi connectivity index (χ0v) is 15.7. The number of hydrogen-bond donors (Lipinski definition) is 2. The molecule has 1 unspecified atom stereocenters. The zero-order chi connectivity index (χ0) is 18.3. The largest absolute Gasteiger partial charge is 0.481 e. The maximum absolute atomic E-state index is 11.7. The molecule has 0 aromatic heterocycles. The van der Waals surface area contributed by atoms with E-state index >= 15 is 0 Å². The summed E-state index contributed by atoms with van der Waals surface area (Å²) >= 11 is 0. The topological polar surface area (TPSA) is 74.6 Å². The van der Waals surface area contributed by atoms with Gasteiger partial charge in [-0.3, -0.25) is 4.79 Å². The van der Waals surface area contributed by atoms with Crippen molar-refractivity contribution >= 4 is 11.9 Å². The Labute approximate surface area is 145 Å². The first-order valence-electron chi connectivity index (χ1n) is 9.17. The molecule has 0 spiro atoms. The van der Waals surface area contributed by atoms with Gasteiger partial charge in [-0.15, -0.1) is 0 Å². The second-order valence-electron chi connectivity index (χ2n) is 8.77. The smallest absolute Gasteiger partial charge is 0.331 e. The molecule has 4 nitrogen and oxygen atoms in total. The van der Waals surface area contributed by atoms with Gasteiger partial charge in [0.2, 0.25) is 0 Å². The van der Waals surface area contributed by atoms with Gasteiger partial charge in [0.25, 0.3) is 0 Å². The lowest BCUT2D eigenvalue weighted by atomic mass is 9.50. The minimum Gasteiger partial charge on any atom is -0.481 e. The molecule has 4 heteroatoms. The van der Waals surface area contributed by atoms with Gasteiger partial charge in [0.05, 0.1) is 0 Å². The van der Waals surface area contributed by atoms with Crippen molar-refractivity contribution in [3.8, 4) is 0 Å². The van der Waals surface area contributed by atoms with Gasteiger partial charge in [0.1, 0.15) is 0 Å². The van der Waals surface area contributed by atoms with Crippen molar-refractivity contribution in [1.29, 1.82) is 0 Å². The van der Waals surface area contributed by atoms with Gasteiger partial charge >= 0.3 is 11.9 Å². The van der Waals surface area contributed by atoms with Gasteiger partial charge in [-0.05, 0) is 67.6 Å². The van der Waals surface area contributed by atoms with Crippen LogP contribution in [-0.2, 0) is 9.59 Å². The van der Waals surface area contributed by atoms with Crippen LogP contribution in [0.25, 0.3) is 0 Å². The SMILES string of the molecule is CC1=C(C(=O)O)C[C@@H]2[C@@](C)(CCC(C)CC(=O)O)[C@H](C)CC[C@@]12C. The summed E-state index contributed by atoms with van der Waals surface area (Å²) in [7, 11) is 0. The summed E-state index contributed by atoms with van der Waals surface area (Å²) in [4.78, 5) is 22.6. The van der Waals surface area contributed by atoms with Crippen LogP contribution >= 0.6 is 0 Å². The molecule has 0 amide bonds. The highest BCUT2D eigenvalue weighted by atomic mass is 16.4. The summed E-state index contributed by atoms with van der Waals surface area (Å²) in [6.45, 7) is 10.9. The molecule has 0 heterocycles. The average Bonchev–Trinajstić information content (AvgIpc) is 2.75. The number of hydrogen-bond acceptors (Lipinski definition) is 2. The Morgan fingerprint density at radius 1 is 1.29 bits per heavy atom. The van der Waals surface area contributed by atoms with E-state index in [9.17, 15) is 14.7 Å². The highest BCUT2D eigenvalue weighted by Gasteiger charge is 2.56. The second-order valence-corrected chi connectivity index (χ2v) is 8.77. The van der Waals surface area contributed by atoms with E-state index in [1.165, 1.54) is 0 Å². The summed E-state index contributed by atoms with van der Waals surface area (Å²) in [5, 5.41) is 18.6. The quantitative estimate of drug-likeness (QED) is 0.734. The van der Waals surface area contributed by atoms with Crippen molar-refractivity contribution < 1.29 is 19.8 Å². The Morgan fingerprint density at radius 2 is 1.92 bits per heavy atom. The van der Waals surface area contributed by atoms with Crippen LogP contribution in [0.15, 0.2) is 11.1 Å². The van der Waals surface area contributed by atoms with E-state index in [0.717, 1.165) is 31.3 Å². The third kappa shape index (κ3) is 3.12. The number of rotatable bonds is 6. The fourth-order valence-corrected chi connectivity index (χ4v) is 5.33. The molecule has 2 rings (SSSR count). The molecule has 24 heavy (non-hydrogen) atoms. The Balaban J connectivity index is 2.23. The molecule has 0 aromatic rings. The van der Waals surface area contributed by atoms with Crippen LogP contribution in [0.4, 0.5) is 0 Å². The Kier molecular flexibility index (Phi) is 5.17. The van der Waals surface area contributed by atoms with E-state index in [1.54, 1.807) is 0 Å². The molecule has 0 aromatic carbocycles. The fraction of sp³-hybridized carbons (Fsp3) is 0.800. The second kappa shape index (κ2) is 6.53. The third-order valence-corrected chi connectivity index (χ3v) is 7.46. The van der Waals surface area contributed by atoms with Gasteiger partial charge < -0.3 is 10.2 Å². The van der Waals surface area contributed by atoms with Gasteiger partial charge in [-0.2, -0.15) is 0 Å². The lowest BCUT2D eigenvalue weighted by molar-refractivity contribution is -0.138. The van der Waals surface area contributed by atoms with Crippen LogP contribution in [0.3, 0.4) is 0 Å². The van der Waals surface area contributed by atoms with E-state index < -0.39 is 11.9 Å². The number of carboxylic acid groups (broad SMARTS) is 2. The summed E-state index contributed by atoms with van der Waals surface area (Å²) in [6.07, 6.45) is 4.91. The predicted octanol–water partition coefficient (Wildman–Crippen LogP) is 4.74. The normalized spacial score (nSPS) is 37.2. The highest BCUT2D eigenvalue weighted by molar-refractivity contribution is 5.88. The van der Waals surface area contributed by atoms with Crippen molar-refractivity contribution in [3.63, 3.8) is 0 Å². The molecule has 0 saturated heterocycles. The molecular formula is C20H32O4. The third-order valence-electron chi connectivity index (χ3n) is 7.46. The van der Waals surface area contributed by atoms with Crippen LogP contribution < -0.4 is 0 Å². The van der Waals surface area contributed by atoms with Crippen LogP contribution in [0.5, 0.6) is 0 Å². The van der Waals surface area contributed by atoms with Crippen molar-refractivity contribution in [2.45, 2.75) is 73.1 Å². The Hall–Kier alpha value is -1.32. The fourth-order valence-electron chi connectivity index (χ4n) is 5.33. The number of fused-ring (bicyclic) bond motifs is 1. The molecule has 1 saturated carbocycles. The van der Waals surface area contributed by atoms with Crippen molar-refractivity contribution in [2.24, 2.45) is 28.6 Å². The molecule has 0 radical (unpaired) electrons. The Bertz CT molecular complexity index is 564. The number of carboxylic acids is 2. The highest BCUT2D eigenvalue weighted by Crippen LogP contribution is 2.64. The zero-order valence-electron chi connectivity index (χ0n) is 15.7. The van der Waals surface area contributed by atoms with Crippen molar-refractivity contribution in [1.82, 2.24) is 0 Å². The predicted molar refractivity (Wildman–Crippen MR) is 93.7 cm³/mol. The molecule has 2 aliphatic carbocycles. The number of carbonyl (C=O) groups is 2. The molecule has 2 N–H and O–H groups in total. The van der Waals surface area contributed by atoms with E-state index in [-0.39, 0.29) is 23.2 Å². The maximum atomic E-state index is 11.7. The average molecular weight is 336 g/mol. The van der Waals surface area contributed by atoms with Crippen LogP contribution in [0, 0.1) is 28.6 Å². The first-order chi connectivity index (χ1) is 11.0. The summed E-state index contributed by atoms with van der Waals surface area (Å²) in [6, 6.07) is 0. The van der Waals surface area contributed by atoms with Gasteiger partial charge in [0.15, 0.2) is 0 Å². The van der Waals surface area contributed by atoms with Gasteiger partial charge in [-0.1, -0.05) is 33.3 Å². The summed E-state index contributed by atoms with van der Waals surface area (Å²) in [5.74, 6) is -0.461. The van der Waals surface area contributed by atoms with Crippen molar-refractivity contribution in [3.05, 3.63) is 11.1 Å². The van der Waals surface area contributed by atoms with Crippen LogP contribution in [0.1, 0.15) is 73.1 Å². The molecule has 136 valence electrons. The van der Waals surface area contributed by atoms with E-state index in [1.807, 2.05) is 13.8 Å². The van der Waals surface area contributed by atoms with E-state index in [0.29, 0.717) is 23.8 Å². The van der Waals surface area contributed by atoms with Crippen LogP contribution in [0.2, 0.25) is 0 Å². The Morgan fingerprint density at radius 3 is 2.46 bits per heavy atom. The van der Waals surface area contributed by atoms with Crippen molar-refractivity contribution in [2.75, 3.05) is 0 Å². The monoisotopic (exact) mass is 336 g/mol. The van der Waals surface area contributed by atoms with Crippen LogP contribution in [-0.4, -0.2) is 22.2 Å². The van der Waals surface area contributed by atoms with E-state index in [2.05, 4.69) is 20.8 Å². The molecule has 1 fully saturated rings. The number of aliphatic carboxylic acids is 2. The summed E-state index contributed by atoms with van der Waals surface area (Å²) < 4.78 is 0. The molecule has 0 bridgehead atoms. The van der Waals surface area contributed by atoms with Gasteiger partial charge in [0, 0.05) is 12.0 Å². The standard InChI is InChI=1S/C20H32O4/c1-12(10-17(21)22)6-8-19(4)13(2)7-9-20(5)14(3)15(18(23)24)11-16(19)20/h12-13,16H,6-11H2,1-5H3,(H,21,22)(H,23,24)/t12?,13-,16-,19+,20+/m1/s1. The minimum absolute atomic E-state index is 0.0228. The molecular weight excluding hydrogens is 304 g/mol. The molecule has 0 aliphatic heterocycles. The maximum Gasteiger partial charge on any atom is 0.331 e. The lowest BCUT2D eigenvalue weighted by Crippen LogP contribution is -2.46. The van der Waals surface area contributed by atoms with Gasteiger partial charge in [-0.25, -0.2) is 4.79 Å². The molecule has 2 aliphatic rings. The first kappa shape index (κ1) is 19.0.